The zero-order valence-corrected chi connectivity index (χ0v) is 15.7. The quantitative estimate of drug-likeness (QED) is 0.750. The second-order valence-corrected chi connectivity index (χ2v) is 10.6. The Morgan fingerprint density at radius 1 is 1.13 bits per heavy atom. The van der Waals surface area contributed by atoms with Crippen LogP contribution in [0, 0.1) is 0 Å². The number of nitrogens with zero attached hydrogens (tertiary/aromatic N) is 2. The summed E-state index contributed by atoms with van der Waals surface area (Å²) < 4.78 is 57.3. The van der Waals surface area contributed by atoms with Crippen LogP contribution < -0.4 is 4.72 Å². The van der Waals surface area contributed by atoms with Crippen molar-refractivity contribution in [2.45, 2.75) is 44.5 Å². The van der Waals surface area contributed by atoms with Crippen molar-refractivity contribution in [3.05, 3.63) is 0 Å². The third-order valence-electron chi connectivity index (χ3n) is 3.28. The van der Waals surface area contributed by atoms with E-state index >= 15 is 0 Å². The third kappa shape index (κ3) is 5.59. The van der Waals surface area contributed by atoms with Gasteiger partial charge in [0.2, 0.25) is 10.0 Å². The minimum Gasteiger partial charge on any atom is -0.443 e. The van der Waals surface area contributed by atoms with E-state index in [2.05, 4.69) is 0 Å². The summed E-state index contributed by atoms with van der Waals surface area (Å²) in [4.78, 5) is 11.6. The molecule has 0 saturated carbocycles. The lowest BCUT2D eigenvalue weighted by atomic mass is 10.2. The molecule has 0 aromatic rings. The molecule has 1 aliphatic rings. The van der Waals surface area contributed by atoms with Gasteiger partial charge in [0, 0.05) is 27.2 Å². The predicted octanol–water partition coefficient (Wildman–Crippen LogP) is 0.112. The van der Waals surface area contributed by atoms with E-state index in [9.17, 15) is 21.6 Å². The monoisotopic (exact) mass is 371 g/mol. The molecule has 0 unspecified atom stereocenters. The van der Waals surface area contributed by atoms with Gasteiger partial charge >= 0.3 is 16.3 Å². The van der Waals surface area contributed by atoms with Crippen molar-refractivity contribution >= 4 is 26.3 Å². The van der Waals surface area contributed by atoms with Crippen molar-refractivity contribution in [1.82, 2.24) is 13.3 Å². The Labute approximate surface area is 138 Å². The van der Waals surface area contributed by atoms with Crippen molar-refractivity contribution in [2.75, 3.05) is 27.2 Å². The first-order chi connectivity index (χ1) is 10.3. The van der Waals surface area contributed by atoms with Gasteiger partial charge in [0.05, 0.1) is 5.25 Å². The maximum atomic E-state index is 12.1. The second-order valence-electron chi connectivity index (χ2n) is 6.53. The van der Waals surface area contributed by atoms with Gasteiger partial charge in [-0.15, -0.1) is 0 Å². The fourth-order valence-corrected chi connectivity index (χ4v) is 4.61. The molecule has 0 radical (unpaired) electrons. The van der Waals surface area contributed by atoms with Crippen molar-refractivity contribution < 1.29 is 26.4 Å². The largest absolute Gasteiger partial charge is 0.443 e. The Morgan fingerprint density at radius 3 is 2.00 bits per heavy atom. The number of rotatable bonds is 4. The Bertz CT molecular complexity index is 628. The zero-order valence-electron chi connectivity index (χ0n) is 14.1. The van der Waals surface area contributed by atoms with E-state index in [1.165, 1.54) is 14.1 Å². The topological polar surface area (TPSA) is 113 Å². The summed E-state index contributed by atoms with van der Waals surface area (Å²) in [6.45, 7) is 4.91. The first kappa shape index (κ1) is 20.1. The Morgan fingerprint density at radius 2 is 1.61 bits per heavy atom. The molecule has 0 aromatic carbocycles. The number of nitrogens with one attached hydrogen (secondary N) is 1. The molecule has 0 aromatic heterocycles. The SMILES string of the molecule is CN(C)S(=O)(=O)C1CCN(S(=O)(=O)NC(=O)OC(C)(C)C)CC1. The highest BCUT2D eigenvalue weighted by atomic mass is 32.2. The summed E-state index contributed by atoms with van der Waals surface area (Å²) in [7, 11) is -4.57. The molecule has 1 saturated heterocycles. The number of ether oxygens (including phenoxy) is 1. The third-order valence-corrected chi connectivity index (χ3v) is 7.08. The molecule has 0 aliphatic carbocycles. The maximum Gasteiger partial charge on any atom is 0.422 e. The van der Waals surface area contributed by atoms with Crippen molar-refractivity contribution in [3.8, 4) is 0 Å². The van der Waals surface area contributed by atoms with Gasteiger partial charge in [-0.25, -0.2) is 22.2 Å². The van der Waals surface area contributed by atoms with Crippen LogP contribution in [0.1, 0.15) is 33.6 Å². The molecule has 1 N–H and O–H groups in total. The van der Waals surface area contributed by atoms with E-state index in [1.807, 2.05) is 4.72 Å². The van der Waals surface area contributed by atoms with Crippen LogP contribution in [0.15, 0.2) is 0 Å². The molecule has 1 aliphatic heterocycles. The normalized spacial score (nSPS) is 18.9. The highest BCUT2D eigenvalue weighted by molar-refractivity contribution is 7.89. The lowest BCUT2D eigenvalue weighted by Crippen LogP contribution is -2.50. The lowest BCUT2D eigenvalue weighted by molar-refractivity contribution is 0.0566. The second kappa shape index (κ2) is 6.91. The first-order valence-corrected chi connectivity index (χ1v) is 10.1. The summed E-state index contributed by atoms with van der Waals surface area (Å²) in [5.74, 6) is 0. The number of carbonyl (C=O) groups excluding carboxylic acids is 1. The molecule has 1 fully saturated rings. The van der Waals surface area contributed by atoms with Gasteiger partial charge in [-0.05, 0) is 33.6 Å². The van der Waals surface area contributed by atoms with Gasteiger partial charge in [-0.1, -0.05) is 0 Å². The highest BCUT2D eigenvalue weighted by Gasteiger charge is 2.36. The van der Waals surface area contributed by atoms with Gasteiger partial charge in [0.15, 0.2) is 0 Å². The number of piperidine rings is 1. The summed E-state index contributed by atoms with van der Waals surface area (Å²) in [6, 6.07) is 0. The van der Waals surface area contributed by atoms with Crippen LogP contribution in [0.25, 0.3) is 0 Å². The van der Waals surface area contributed by atoms with Gasteiger partial charge in [0.1, 0.15) is 5.60 Å². The maximum absolute atomic E-state index is 12.1. The highest BCUT2D eigenvalue weighted by Crippen LogP contribution is 2.21. The molecule has 0 bridgehead atoms. The van der Waals surface area contributed by atoms with Gasteiger partial charge in [-0.3, -0.25) is 0 Å². The summed E-state index contributed by atoms with van der Waals surface area (Å²) >= 11 is 0. The lowest BCUT2D eigenvalue weighted by Gasteiger charge is -2.32. The van der Waals surface area contributed by atoms with Crippen LogP contribution in [0.2, 0.25) is 0 Å². The van der Waals surface area contributed by atoms with Crippen molar-refractivity contribution in [3.63, 3.8) is 0 Å². The fourth-order valence-electron chi connectivity index (χ4n) is 2.14. The van der Waals surface area contributed by atoms with Gasteiger partial charge in [-0.2, -0.15) is 12.7 Å². The van der Waals surface area contributed by atoms with E-state index in [0.29, 0.717) is 0 Å². The van der Waals surface area contributed by atoms with E-state index in [4.69, 9.17) is 4.74 Å². The average Bonchev–Trinajstić information content (AvgIpc) is 2.35. The minimum absolute atomic E-state index is 0.0237. The number of sulfonamides is 1. The van der Waals surface area contributed by atoms with Crippen molar-refractivity contribution in [2.24, 2.45) is 0 Å². The molecular weight excluding hydrogens is 346 g/mol. The molecule has 1 heterocycles. The molecule has 1 rings (SSSR count). The Kier molecular flexibility index (Phi) is 6.05. The van der Waals surface area contributed by atoms with Crippen LogP contribution in [-0.4, -0.2) is 69.6 Å². The molecule has 1 amide bonds. The Hall–Kier alpha value is -0.910. The molecule has 136 valence electrons. The van der Waals surface area contributed by atoms with E-state index < -0.39 is 37.2 Å². The molecule has 23 heavy (non-hydrogen) atoms. The Balaban J connectivity index is 2.68. The minimum atomic E-state index is -4.04. The van der Waals surface area contributed by atoms with Gasteiger partial charge in [0.25, 0.3) is 0 Å². The average molecular weight is 371 g/mol. The molecule has 0 atom stereocenters. The summed E-state index contributed by atoms with van der Waals surface area (Å²) in [6.07, 6.45) is -0.702. The van der Waals surface area contributed by atoms with E-state index in [-0.39, 0.29) is 25.9 Å². The zero-order chi connectivity index (χ0) is 18.1. The number of hydrogen-bond acceptors (Lipinski definition) is 6. The molecular formula is C12H25N3O6S2. The van der Waals surface area contributed by atoms with Crippen molar-refractivity contribution in [1.29, 1.82) is 0 Å². The fraction of sp³-hybridized carbons (Fsp3) is 0.917. The van der Waals surface area contributed by atoms with Crippen LogP contribution in [-0.2, 0) is 25.0 Å². The van der Waals surface area contributed by atoms with Crippen LogP contribution in [0.3, 0.4) is 0 Å². The standard InChI is InChI=1S/C12H25N3O6S2/c1-12(2,3)21-11(16)13-23(19,20)15-8-6-10(7-9-15)22(17,18)14(4)5/h10H,6-9H2,1-5H3,(H,13,16). The summed E-state index contributed by atoms with van der Waals surface area (Å²) in [5, 5.41) is -0.620. The first-order valence-electron chi connectivity index (χ1n) is 7.18. The number of carbonyl (C=O) groups is 1. The predicted molar refractivity (Wildman–Crippen MR) is 85.5 cm³/mol. The molecule has 11 heteroatoms. The van der Waals surface area contributed by atoms with E-state index in [1.54, 1.807) is 20.8 Å². The van der Waals surface area contributed by atoms with Crippen LogP contribution in [0.4, 0.5) is 4.79 Å². The van der Waals surface area contributed by atoms with Crippen LogP contribution >= 0.6 is 0 Å². The van der Waals surface area contributed by atoms with Crippen LogP contribution in [0.5, 0.6) is 0 Å². The molecule has 9 nitrogen and oxygen atoms in total. The number of amides is 1. The smallest absolute Gasteiger partial charge is 0.422 e. The number of hydrogen-bond donors (Lipinski definition) is 1. The summed E-state index contributed by atoms with van der Waals surface area (Å²) in [5.41, 5.74) is -0.813. The molecule has 0 spiro atoms. The van der Waals surface area contributed by atoms with E-state index in [0.717, 1.165) is 8.61 Å². The van der Waals surface area contributed by atoms with Gasteiger partial charge < -0.3 is 4.74 Å².